The molecule has 3 heterocycles. The van der Waals surface area contributed by atoms with Gasteiger partial charge in [-0.3, -0.25) is 4.79 Å². The molecule has 2 saturated heterocycles. The van der Waals surface area contributed by atoms with E-state index >= 15 is 0 Å². The SMILES string of the molecule is COc1cc(C=C2CCCN([C@@H]3Cc4ccc(N5CCOCC5)cc4C3)C2=O)ccc1-n1cnc(C)c1. The molecule has 6 rings (SSSR count). The average molecular weight is 499 g/mol. The minimum Gasteiger partial charge on any atom is -0.495 e. The van der Waals surface area contributed by atoms with Gasteiger partial charge in [0.15, 0.2) is 0 Å². The Labute approximate surface area is 218 Å². The monoisotopic (exact) mass is 498 g/mol. The van der Waals surface area contributed by atoms with Gasteiger partial charge >= 0.3 is 0 Å². The van der Waals surface area contributed by atoms with Crippen LogP contribution >= 0.6 is 0 Å². The number of hydrogen-bond acceptors (Lipinski definition) is 5. The van der Waals surface area contributed by atoms with Crippen molar-refractivity contribution >= 4 is 17.7 Å². The predicted octanol–water partition coefficient (Wildman–Crippen LogP) is 4.20. The molecule has 7 heteroatoms. The number of ether oxygens (including phenoxy) is 2. The highest BCUT2D eigenvalue weighted by atomic mass is 16.5. The second-order valence-corrected chi connectivity index (χ2v) is 10.2. The van der Waals surface area contributed by atoms with Gasteiger partial charge in [-0.1, -0.05) is 12.1 Å². The average Bonchev–Trinajstić information content (AvgIpc) is 3.56. The minimum atomic E-state index is 0.172. The lowest BCUT2D eigenvalue weighted by atomic mass is 9.98. The Morgan fingerprint density at radius 3 is 2.68 bits per heavy atom. The lowest BCUT2D eigenvalue weighted by Crippen LogP contribution is -2.44. The highest BCUT2D eigenvalue weighted by Gasteiger charge is 2.33. The van der Waals surface area contributed by atoms with E-state index in [4.69, 9.17) is 9.47 Å². The fraction of sp³-hybridized carbons (Fsp3) is 0.400. The van der Waals surface area contributed by atoms with Crippen molar-refractivity contribution in [2.45, 2.75) is 38.6 Å². The van der Waals surface area contributed by atoms with E-state index in [0.717, 1.165) is 86.8 Å². The van der Waals surface area contributed by atoms with Crippen molar-refractivity contribution < 1.29 is 14.3 Å². The number of anilines is 1. The molecule has 1 amide bonds. The summed E-state index contributed by atoms with van der Waals surface area (Å²) in [6.45, 7) is 6.24. The number of rotatable bonds is 5. The van der Waals surface area contributed by atoms with E-state index in [-0.39, 0.29) is 11.9 Å². The van der Waals surface area contributed by atoms with E-state index in [1.165, 1.54) is 16.8 Å². The molecule has 3 aromatic rings. The largest absolute Gasteiger partial charge is 0.495 e. The normalized spacial score (nSPS) is 21.0. The summed E-state index contributed by atoms with van der Waals surface area (Å²) in [6, 6.07) is 13.1. The quantitative estimate of drug-likeness (QED) is 0.494. The van der Waals surface area contributed by atoms with Crippen LogP contribution in [0.4, 0.5) is 5.69 Å². The molecule has 0 spiro atoms. The van der Waals surface area contributed by atoms with E-state index in [1.54, 1.807) is 13.4 Å². The number of aryl methyl sites for hydroxylation is 1. The molecule has 2 aliphatic heterocycles. The molecular formula is C30H34N4O3. The molecule has 0 bridgehead atoms. The summed E-state index contributed by atoms with van der Waals surface area (Å²) in [5.74, 6) is 0.930. The van der Waals surface area contributed by atoms with Crippen LogP contribution in [-0.4, -0.2) is 66.4 Å². The van der Waals surface area contributed by atoms with Crippen LogP contribution in [0.5, 0.6) is 5.75 Å². The number of benzene rings is 2. The number of likely N-dealkylation sites (tertiary alicyclic amines) is 1. The van der Waals surface area contributed by atoms with Crippen LogP contribution in [0.2, 0.25) is 0 Å². The first-order valence-corrected chi connectivity index (χ1v) is 13.2. The number of fused-ring (bicyclic) bond motifs is 1. The molecule has 37 heavy (non-hydrogen) atoms. The summed E-state index contributed by atoms with van der Waals surface area (Å²) in [5, 5.41) is 0. The highest BCUT2D eigenvalue weighted by Crippen LogP contribution is 2.33. The Balaban J connectivity index is 1.19. The number of hydrogen-bond donors (Lipinski definition) is 0. The zero-order valence-electron chi connectivity index (χ0n) is 21.7. The number of methoxy groups -OCH3 is 1. The van der Waals surface area contributed by atoms with Crippen molar-refractivity contribution in [1.29, 1.82) is 0 Å². The first-order valence-electron chi connectivity index (χ1n) is 13.2. The van der Waals surface area contributed by atoms with E-state index in [2.05, 4.69) is 33.0 Å². The fourth-order valence-corrected chi connectivity index (χ4v) is 5.89. The molecule has 1 aromatic heterocycles. The molecule has 0 radical (unpaired) electrons. The van der Waals surface area contributed by atoms with Gasteiger partial charge in [0.25, 0.3) is 0 Å². The van der Waals surface area contributed by atoms with E-state index in [0.29, 0.717) is 0 Å². The van der Waals surface area contributed by atoms with E-state index < -0.39 is 0 Å². The zero-order chi connectivity index (χ0) is 25.4. The molecule has 2 fully saturated rings. The summed E-state index contributed by atoms with van der Waals surface area (Å²) < 4.78 is 13.1. The van der Waals surface area contributed by atoms with Crippen molar-refractivity contribution in [2.75, 3.05) is 44.9 Å². The summed E-state index contributed by atoms with van der Waals surface area (Å²) >= 11 is 0. The number of piperidine rings is 1. The van der Waals surface area contributed by atoms with Crippen molar-refractivity contribution in [3.05, 3.63) is 76.9 Å². The second kappa shape index (κ2) is 10.1. The van der Waals surface area contributed by atoms with Crippen molar-refractivity contribution in [2.24, 2.45) is 0 Å². The molecule has 1 atom stereocenters. The fourth-order valence-electron chi connectivity index (χ4n) is 5.89. The summed E-state index contributed by atoms with van der Waals surface area (Å²) in [7, 11) is 1.68. The Morgan fingerprint density at radius 1 is 1.05 bits per heavy atom. The number of nitrogens with zero attached hydrogens (tertiary/aromatic N) is 4. The van der Waals surface area contributed by atoms with Crippen molar-refractivity contribution in [1.82, 2.24) is 14.5 Å². The maximum atomic E-state index is 13.6. The van der Waals surface area contributed by atoms with Gasteiger partial charge in [0.1, 0.15) is 5.75 Å². The van der Waals surface area contributed by atoms with Crippen LogP contribution in [0.1, 0.15) is 35.2 Å². The van der Waals surface area contributed by atoms with Crippen LogP contribution in [0, 0.1) is 6.92 Å². The lowest BCUT2D eigenvalue weighted by molar-refractivity contribution is -0.130. The van der Waals surface area contributed by atoms with E-state index in [9.17, 15) is 4.79 Å². The van der Waals surface area contributed by atoms with Crippen molar-refractivity contribution in [3.8, 4) is 11.4 Å². The van der Waals surface area contributed by atoms with E-state index in [1.807, 2.05) is 42.0 Å². The van der Waals surface area contributed by atoms with Crippen molar-refractivity contribution in [3.63, 3.8) is 0 Å². The lowest BCUT2D eigenvalue weighted by Gasteiger charge is -2.33. The number of amides is 1. The van der Waals surface area contributed by atoms with Gasteiger partial charge in [0.05, 0.1) is 38.0 Å². The second-order valence-electron chi connectivity index (χ2n) is 10.2. The smallest absolute Gasteiger partial charge is 0.250 e. The van der Waals surface area contributed by atoms with Gasteiger partial charge in [-0.15, -0.1) is 0 Å². The Kier molecular flexibility index (Phi) is 6.47. The number of aromatic nitrogens is 2. The third-order valence-corrected chi connectivity index (χ3v) is 7.83. The first kappa shape index (κ1) is 23.8. The Hall–Kier alpha value is -3.58. The molecule has 7 nitrogen and oxygen atoms in total. The first-order chi connectivity index (χ1) is 18.1. The van der Waals surface area contributed by atoms with Gasteiger partial charge in [-0.2, -0.15) is 0 Å². The molecule has 0 saturated carbocycles. The number of morpholine rings is 1. The van der Waals surface area contributed by atoms with Gasteiger partial charge < -0.3 is 23.8 Å². The van der Waals surface area contributed by atoms with Gasteiger partial charge in [0, 0.05) is 43.1 Å². The molecule has 192 valence electrons. The number of carbonyl (C=O) groups excluding carboxylic acids is 1. The van der Waals surface area contributed by atoms with Crippen LogP contribution in [0.3, 0.4) is 0 Å². The van der Waals surface area contributed by atoms with Crippen LogP contribution in [0.15, 0.2) is 54.5 Å². The van der Waals surface area contributed by atoms with Gasteiger partial charge in [-0.25, -0.2) is 4.98 Å². The third kappa shape index (κ3) is 4.76. The molecule has 0 N–H and O–H groups in total. The third-order valence-electron chi connectivity index (χ3n) is 7.83. The standard InChI is InChI=1S/C30H34N4O3/c1-21-19-33(20-31-21)28-8-5-22(15-29(28)36-2)14-24-4-3-9-34(30(24)35)27-16-23-6-7-26(17-25(23)18-27)32-10-12-37-13-11-32/h5-8,14-15,17,19-20,27H,3-4,9-13,16,18H2,1-2H3/t27-/m1/s1. The van der Waals surface area contributed by atoms with Crippen LogP contribution < -0.4 is 9.64 Å². The number of carbonyl (C=O) groups is 1. The van der Waals surface area contributed by atoms with Crippen LogP contribution in [0.25, 0.3) is 11.8 Å². The van der Waals surface area contributed by atoms with Gasteiger partial charge in [0.2, 0.25) is 5.91 Å². The summed E-state index contributed by atoms with van der Waals surface area (Å²) in [6.07, 6.45) is 9.47. The maximum absolute atomic E-state index is 13.6. The Bertz CT molecular complexity index is 1340. The highest BCUT2D eigenvalue weighted by molar-refractivity contribution is 5.99. The van der Waals surface area contributed by atoms with Crippen LogP contribution in [-0.2, 0) is 22.4 Å². The minimum absolute atomic E-state index is 0.172. The maximum Gasteiger partial charge on any atom is 0.250 e. The Morgan fingerprint density at radius 2 is 1.89 bits per heavy atom. The molecule has 2 aromatic carbocycles. The topological polar surface area (TPSA) is 59.8 Å². The molecule has 3 aliphatic rings. The number of imidazole rings is 1. The molecular weight excluding hydrogens is 464 g/mol. The predicted molar refractivity (Wildman–Crippen MR) is 144 cm³/mol. The zero-order valence-corrected chi connectivity index (χ0v) is 21.7. The summed E-state index contributed by atoms with van der Waals surface area (Å²) in [5.41, 5.74) is 7.77. The van der Waals surface area contributed by atoms with Gasteiger partial charge in [-0.05, 0) is 79.6 Å². The summed E-state index contributed by atoms with van der Waals surface area (Å²) in [4.78, 5) is 22.5. The molecule has 0 unspecified atom stereocenters. The molecule has 1 aliphatic carbocycles.